The van der Waals surface area contributed by atoms with Crippen molar-refractivity contribution >= 4 is 29.5 Å². The van der Waals surface area contributed by atoms with E-state index < -0.39 is 0 Å². The summed E-state index contributed by atoms with van der Waals surface area (Å²) >= 11 is 4.13. The Morgan fingerprint density at radius 1 is 1.17 bits per heavy atom. The highest BCUT2D eigenvalue weighted by atomic mass is 32.2. The fourth-order valence-electron chi connectivity index (χ4n) is 3.18. The van der Waals surface area contributed by atoms with Crippen molar-refractivity contribution in [3.63, 3.8) is 0 Å². The predicted molar refractivity (Wildman–Crippen MR) is 82.5 cm³/mol. The molecule has 1 unspecified atom stereocenters. The van der Waals surface area contributed by atoms with E-state index in [4.69, 9.17) is 5.73 Å². The van der Waals surface area contributed by atoms with E-state index in [0.717, 1.165) is 31.5 Å². The summed E-state index contributed by atoms with van der Waals surface area (Å²) in [6.45, 7) is 3.12. The van der Waals surface area contributed by atoms with Crippen molar-refractivity contribution in [2.75, 3.05) is 42.6 Å². The second-order valence-corrected chi connectivity index (χ2v) is 8.12. The van der Waals surface area contributed by atoms with Crippen LogP contribution in [0.4, 0.5) is 0 Å². The van der Waals surface area contributed by atoms with Gasteiger partial charge < -0.3 is 10.6 Å². The van der Waals surface area contributed by atoms with Crippen molar-refractivity contribution in [3.8, 4) is 0 Å². The highest BCUT2D eigenvalue weighted by molar-refractivity contribution is 7.99. The van der Waals surface area contributed by atoms with Gasteiger partial charge in [-0.3, -0.25) is 4.99 Å². The van der Waals surface area contributed by atoms with Gasteiger partial charge in [-0.2, -0.15) is 23.5 Å². The molecule has 2 saturated heterocycles. The molecule has 102 valence electrons. The fraction of sp³-hybridized carbons (Fsp3) is 0.923. The fourth-order valence-corrected chi connectivity index (χ4v) is 5.39. The minimum absolute atomic E-state index is 0.673. The van der Waals surface area contributed by atoms with Gasteiger partial charge in [-0.05, 0) is 42.1 Å². The zero-order chi connectivity index (χ0) is 12.4. The molecule has 2 heterocycles. The molecule has 2 aliphatic heterocycles. The molecule has 1 spiro atoms. The van der Waals surface area contributed by atoms with Crippen LogP contribution in [-0.2, 0) is 0 Å². The lowest BCUT2D eigenvalue weighted by atomic mass is 9.96. The molecule has 5 heteroatoms. The summed E-state index contributed by atoms with van der Waals surface area (Å²) in [6.07, 6.45) is 4.23. The Balaban J connectivity index is 1.48. The standard InChI is InChI=1S/C13H23N3S2/c14-12(16-3-7-18-8-4-16)15-10-11-9-13(11)1-5-17-6-2-13/h11H,1-10H2,(H2,14,15). The van der Waals surface area contributed by atoms with Crippen LogP contribution in [-0.4, -0.2) is 53.5 Å². The molecule has 0 aromatic carbocycles. The summed E-state index contributed by atoms with van der Waals surface area (Å²) in [4.78, 5) is 6.92. The Labute approximate surface area is 118 Å². The summed E-state index contributed by atoms with van der Waals surface area (Å²) in [6, 6.07) is 0. The molecule has 0 aromatic heterocycles. The Morgan fingerprint density at radius 3 is 2.56 bits per heavy atom. The lowest BCUT2D eigenvalue weighted by molar-refractivity contribution is 0.418. The van der Waals surface area contributed by atoms with Gasteiger partial charge in [-0.15, -0.1) is 0 Å². The van der Waals surface area contributed by atoms with Crippen LogP contribution in [0.2, 0.25) is 0 Å². The van der Waals surface area contributed by atoms with Crippen molar-refractivity contribution in [3.05, 3.63) is 0 Å². The second-order valence-electron chi connectivity index (χ2n) is 5.67. The van der Waals surface area contributed by atoms with Crippen molar-refractivity contribution in [1.82, 2.24) is 4.90 Å². The van der Waals surface area contributed by atoms with Gasteiger partial charge in [-0.25, -0.2) is 0 Å². The van der Waals surface area contributed by atoms with Crippen molar-refractivity contribution < 1.29 is 0 Å². The number of hydrogen-bond acceptors (Lipinski definition) is 3. The van der Waals surface area contributed by atoms with Crippen LogP contribution in [0.3, 0.4) is 0 Å². The lowest BCUT2D eigenvalue weighted by Gasteiger charge is -2.27. The van der Waals surface area contributed by atoms with Crippen LogP contribution in [0, 0.1) is 11.3 Å². The number of nitrogens with zero attached hydrogens (tertiary/aromatic N) is 2. The van der Waals surface area contributed by atoms with E-state index >= 15 is 0 Å². The monoisotopic (exact) mass is 285 g/mol. The summed E-state index contributed by atoms with van der Waals surface area (Å²) in [5.41, 5.74) is 6.78. The van der Waals surface area contributed by atoms with Gasteiger partial charge in [-0.1, -0.05) is 0 Å². The summed E-state index contributed by atoms with van der Waals surface area (Å²) in [5.74, 6) is 6.73. The molecule has 1 saturated carbocycles. The molecule has 0 amide bonds. The zero-order valence-corrected chi connectivity index (χ0v) is 12.6. The maximum atomic E-state index is 6.11. The van der Waals surface area contributed by atoms with E-state index in [-0.39, 0.29) is 0 Å². The van der Waals surface area contributed by atoms with Gasteiger partial charge in [0.1, 0.15) is 0 Å². The summed E-state index contributed by atoms with van der Waals surface area (Å²) in [5, 5.41) is 0. The summed E-state index contributed by atoms with van der Waals surface area (Å²) in [7, 11) is 0. The number of hydrogen-bond donors (Lipinski definition) is 1. The molecule has 3 fully saturated rings. The first-order valence-corrected chi connectivity index (χ1v) is 9.31. The molecule has 3 rings (SSSR count). The number of rotatable bonds is 2. The minimum atomic E-state index is 0.673. The molecule has 3 aliphatic rings. The number of guanidine groups is 1. The van der Waals surface area contributed by atoms with Gasteiger partial charge in [0.25, 0.3) is 0 Å². The number of nitrogens with two attached hydrogens (primary N) is 1. The van der Waals surface area contributed by atoms with E-state index in [0.29, 0.717) is 5.41 Å². The van der Waals surface area contributed by atoms with Gasteiger partial charge in [0.15, 0.2) is 5.96 Å². The quantitative estimate of drug-likeness (QED) is 0.621. The smallest absolute Gasteiger partial charge is 0.191 e. The van der Waals surface area contributed by atoms with E-state index in [1.54, 1.807) is 0 Å². The lowest BCUT2D eigenvalue weighted by Crippen LogP contribution is -2.42. The van der Waals surface area contributed by atoms with Gasteiger partial charge in [0.2, 0.25) is 0 Å². The van der Waals surface area contributed by atoms with Crippen molar-refractivity contribution in [2.24, 2.45) is 22.1 Å². The van der Waals surface area contributed by atoms with Crippen LogP contribution >= 0.6 is 23.5 Å². The zero-order valence-electron chi connectivity index (χ0n) is 10.9. The van der Waals surface area contributed by atoms with Crippen LogP contribution in [0.25, 0.3) is 0 Å². The highest BCUT2D eigenvalue weighted by Crippen LogP contribution is 2.60. The normalized spacial score (nSPS) is 31.7. The maximum Gasteiger partial charge on any atom is 0.191 e. The third-order valence-electron chi connectivity index (χ3n) is 4.66. The molecular formula is C13H23N3S2. The number of aliphatic imine (C=N–C) groups is 1. The Kier molecular flexibility index (Phi) is 3.99. The average molecular weight is 285 g/mol. The highest BCUT2D eigenvalue weighted by Gasteiger charge is 2.53. The molecule has 1 aliphatic carbocycles. The largest absolute Gasteiger partial charge is 0.370 e. The van der Waals surface area contributed by atoms with E-state index in [1.165, 1.54) is 42.3 Å². The topological polar surface area (TPSA) is 41.6 Å². The SMILES string of the molecule is NC(=NCC1CC12CCSCC2)N1CCSCC1. The molecule has 2 N–H and O–H groups in total. The van der Waals surface area contributed by atoms with Crippen molar-refractivity contribution in [1.29, 1.82) is 0 Å². The molecule has 3 nitrogen and oxygen atoms in total. The Morgan fingerprint density at radius 2 is 1.83 bits per heavy atom. The molecular weight excluding hydrogens is 262 g/mol. The Hall–Kier alpha value is -0.0300. The predicted octanol–water partition coefficient (Wildman–Crippen LogP) is 1.88. The van der Waals surface area contributed by atoms with Crippen LogP contribution < -0.4 is 5.73 Å². The minimum Gasteiger partial charge on any atom is -0.370 e. The van der Waals surface area contributed by atoms with Gasteiger partial charge in [0.05, 0.1) is 0 Å². The molecule has 0 bridgehead atoms. The molecule has 1 atom stereocenters. The van der Waals surface area contributed by atoms with E-state index in [9.17, 15) is 0 Å². The molecule has 18 heavy (non-hydrogen) atoms. The third-order valence-corrected chi connectivity index (χ3v) is 6.58. The van der Waals surface area contributed by atoms with Gasteiger partial charge in [0, 0.05) is 31.1 Å². The third kappa shape index (κ3) is 2.77. The summed E-state index contributed by atoms with van der Waals surface area (Å²) < 4.78 is 0. The first-order valence-electron chi connectivity index (χ1n) is 7.01. The van der Waals surface area contributed by atoms with Gasteiger partial charge >= 0.3 is 0 Å². The average Bonchev–Trinajstić information content (AvgIpc) is 3.10. The van der Waals surface area contributed by atoms with Crippen molar-refractivity contribution in [2.45, 2.75) is 19.3 Å². The van der Waals surface area contributed by atoms with E-state index in [2.05, 4.69) is 21.7 Å². The second kappa shape index (κ2) is 5.53. The maximum absolute atomic E-state index is 6.11. The Bertz CT molecular complexity index is 320. The first-order chi connectivity index (χ1) is 8.80. The number of thioether (sulfide) groups is 2. The van der Waals surface area contributed by atoms with Crippen LogP contribution in [0.15, 0.2) is 4.99 Å². The van der Waals surface area contributed by atoms with Crippen LogP contribution in [0.1, 0.15) is 19.3 Å². The first kappa shape index (κ1) is 13.0. The van der Waals surface area contributed by atoms with E-state index in [1.807, 2.05) is 11.8 Å². The molecule has 0 aromatic rings. The van der Waals surface area contributed by atoms with Crippen LogP contribution in [0.5, 0.6) is 0 Å². The molecule has 0 radical (unpaired) electrons.